The second-order valence-electron chi connectivity index (χ2n) is 4.37. The molecule has 2 rings (SSSR count). The van der Waals surface area contributed by atoms with Gasteiger partial charge in [0.2, 0.25) is 5.91 Å². The SMILES string of the molecule is COc1ccc(Br)cc1CNc1ccc(Cl)c(C(N)=O)c1. The van der Waals surface area contributed by atoms with E-state index in [0.717, 1.165) is 21.5 Å². The molecule has 6 heteroatoms. The molecule has 0 heterocycles. The van der Waals surface area contributed by atoms with Crippen molar-refractivity contribution in [1.82, 2.24) is 0 Å². The highest BCUT2D eigenvalue weighted by Crippen LogP contribution is 2.25. The van der Waals surface area contributed by atoms with Gasteiger partial charge in [-0.2, -0.15) is 0 Å². The summed E-state index contributed by atoms with van der Waals surface area (Å²) in [6.45, 7) is 0.544. The topological polar surface area (TPSA) is 64.3 Å². The van der Waals surface area contributed by atoms with E-state index in [2.05, 4.69) is 21.2 Å². The maximum absolute atomic E-state index is 11.3. The molecule has 110 valence electrons. The van der Waals surface area contributed by atoms with Crippen LogP contribution >= 0.6 is 27.5 Å². The smallest absolute Gasteiger partial charge is 0.250 e. The molecule has 1 amide bonds. The predicted molar refractivity (Wildman–Crippen MR) is 88.0 cm³/mol. The van der Waals surface area contributed by atoms with Gasteiger partial charge in [0.05, 0.1) is 17.7 Å². The van der Waals surface area contributed by atoms with Gasteiger partial charge in [0, 0.05) is 22.3 Å². The van der Waals surface area contributed by atoms with Crippen molar-refractivity contribution in [3.8, 4) is 5.75 Å². The summed E-state index contributed by atoms with van der Waals surface area (Å²) < 4.78 is 6.28. The lowest BCUT2D eigenvalue weighted by Crippen LogP contribution is -2.12. The Bertz CT molecular complexity index is 677. The van der Waals surface area contributed by atoms with E-state index in [-0.39, 0.29) is 0 Å². The molecule has 0 aliphatic rings. The Morgan fingerprint density at radius 3 is 2.76 bits per heavy atom. The highest BCUT2D eigenvalue weighted by Gasteiger charge is 2.08. The van der Waals surface area contributed by atoms with Gasteiger partial charge in [-0.15, -0.1) is 0 Å². The Kier molecular flexibility index (Phi) is 5.09. The number of nitrogens with two attached hydrogens (primary N) is 1. The first-order chi connectivity index (χ1) is 10.0. The summed E-state index contributed by atoms with van der Waals surface area (Å²) in [4.78, 5) is 11.3. The normalized spacial score (nSPS) is 10.2. The zero-order chi connectivity index (χ0) is 15.4. The van der Waals surface area contributed by atoms with Crippen LogP contribution in [0.25, 0.3) is 0 Å². The van der Waals surface area contributed by atoms with Crippen molar-refractivity contribution in [2.45, 2.75) is 6.54 Å². The van der Waals surface area contributed by atoms with Crippen LogP contribution in [0, 0.1) is 0 Å². The highest BCUT2D eigenvalue weighted by atomic mass is 79.9. The van der Waals surface area contributed by atoms with E-state index in [1.807, 2.05) is 18.2 Å². The van der Waals surface area contributed by atoms with Crippen LogP contribution in [0.3, 0.4) is 0 Å². The molecule has 0 aliphatic carbocycles. The van der Waals surface area contributed by atoms with Crippen LogP contribution in [0.5, 0.6) is 5.75 Å². The Hall–Kier alpha value is -1.72. The largest absolute Gasteiger partial charge is 0.496 e. The van der Waals surface area contributed by atoms with E-state index < -0.39 is 5.91 Å². The Balaban J connectivity index is 2.19. The first kappa shape index (κ1) is 15.7. The third-order valence-electron chi connectivity index (χ3n) is 2.96. The van der Waals surface area contributed by atoms with Crippen molar-refractivity contribution in [2.24, 2.45) is 5.73 Å². The maximum atomic E-state index is 11.3. The Morgan fingerprint density at radius 1 is 1.33 bits per heavy atom. The minimum absolute atomic E-state index is 0.294. The molecule has 0 atom stereocenters. The van der Waals surface area contributed by atoms with Crippen molar-refractivity contribution < 1.29 is 9.53 Å². The number of hydrogen-bond donors (Lipinski definition) is 2. The fraction of sp³-hybridized carbons (Fsp3) is 0.133. The minimum atomic E-state index is -0.552. The monoisotopic (exact) mass is 368 g/mol. The van der Waals surface area contributed by atoms with Crippen LogP contribution in [-0.2, 0) is 6.54 Å². The summed E-state index contributed by atoms with van der Waals surface area (Å²) in [5, 5.41) is 3.56. The maximum Gasteiger partial charge on any atom is 0.250 e. The fourth-order valence-electron chi connectivity index (χ4n) is 1.91. The molecule has 0 unspecified atom stereocenters. The second-order valence-corrected chi connectivity index (χ2v) is 5.69. The van der Waals surface area contributed by atoms with Gasteiger partial charge in [-0.3, -0.25) is 4.79 Å². The number of halogens is 2. The number of ether oxygens (including phenoxy) is 1. The summed E-state index contributed by atoms with van der Waals surface area (Å²) in [5.74, 6) is 0.235. The molecular formula is C15H14BrClN2O2. The first-order valence-corrected chi connectivity index (χ1v) is 7.34. The molecule has 3 N–H and O–H groups in total. The van der Waals surface area contributed by atoms with E-state index in [9.17, 15) is 4.79 Å². The standard InChI is InChI=1S/C15H14BrClN2O2/c1-21-14-5-2-10(16)6-9(14)8-19-11-3-4-13(17)12(7-11)15(18)20/h2-7,19H,8H2,1H3,(H2,18,20). The van der Waals surface area contributed by atoms with Crippen LogP contribution in [0.1, 0.15) is 15.9 Å². The number of carbonyl (C=O) groups is 1. The molecule has 0 aromatic heterocycles. The fourth-order valence-corrected chi connectivity index (χ4v) is 2.53. The number of amides is 1. The number of carbonyl (C=O) groups excluding carboxylic acids is 1. The number of rotatable bonds is 5. The first-order valence-electron chi connectivity index (χ1n) is 6.17. The van der Waals surface area contributed by atoms with Crippen LogP contribution in [-0.4, -0.2) is 13.0 Å². The van der Waals surface area contributed by atoms with Crippen molar-refractivity contribution in [3.05, 3.63) is 57.0 Å². The van der Waals surface area contributed by atoms with Gasteiger partial charge in [-0.25, -0.2) is 0 Å². The van der Waals surface area contributed by atoms with E-state index in [1.54, 1.807) is 25.3 Å². The molecule has 0 aliphatic heterocycles. The molecule has 0 radical (unpaired) electrons. The third kappa shape index (κ3) is 3.89. The van der Waals surface area contributed by atoms with Crippen molar-refractivity contribution in [2.75, 3.05) is 12.4 Å². The molecule has 0 bridgehead atoms. The minimum Gasteiger partial charge on any atom is -0.496 e. The highest BCUT2D eigenvalue weighted by molar-refractivity contribution is 9.10. The predicted octanol–water partition coefficient (Wildman–Crippen LogP) is 3.82. The molecule has 0 fully saturated rings. The second kappa shape index (κ2) is 6.83. The Labute approximate surface area is 136 Å². The molecule has 2 aromatic carbocycles. The van der Waals surface area contributed by atoms with Crippen LogP contribution in [0.4, 0.5) is 5.69 Å². The molecule has 0 spiro atoms. The Morgan fingerprint density at radius 2 is 2.10 bits per heavy atom. The van der Waals surface area contributed by atoms with Crippen LogP contribution in [0.15, 0.2) is 40.9 Å². The number of benzene rings is 2. The summed E-state index contributed by atoms with van der Waals surface area (Å²) in [6, 6.07) is 10.8. The van der Waals surface area contributed by atoms with Gasteiger partial charge in [-0.05, 0) is 36.4 Å². The van der Waals surface area contributed by atoms with Gasteiger partial charge in [-0.1, -0.05) is 27.5 Å². The lowest BCUT2D eigenvalue weighted by atomic mass is 10.1. The lowest BCUT2D eigenvalue weighted by Gasteiger charge is -2.12. The number of hydrogen-bond acceptors (Lipinski definition) is 3. The number of primary amides is 1. The van der Waals surface area contributed by atoms with Gasteiger partial charge >= 0.3 is 0 Å². The summed E-state index contributed by atoms with van der Waals surface area (Å²) in [5.41, 5.74) is 7.32. The average Bonchev–Trinajstić information content (AvgIpc) is 2.46. The van der Waals surface area contributed by atoms with Crippen LogP contribution in [0.2, 0.25) is 5.02 Å². The van der Waals surface area contributed by atoms with E-state index in [1.165, 1.54) is 0 Å². The molecule has 0 saturated heterocycles. The zero-order valence-electron chi connectivity index (χ0n) is 11.3. The van der Waals surface area contributed by atoms with Gasteiger partial charge in [0.15, 0.2) is 0 Å². The lowest BCUT2D eigenvalue weighted by molar-refractivity contribution is 0.100. The summed E-state index contributed by atoms with van der Waals surface area (Å²) in [6.07, 6.45) is 0. The number of anilines is 1. The number of methoxy groups -OCH3 is 1. The van der Waals surface area contributed by atoms with Crippen molar-refractivity contribution in [1.29, 1.82) is 0 Å². The average molecular weight is 370 g/mol. The van der Waals surface area contributed by atoms with Gasteiger partial charge in [0.25, 0.3) is 0 Å². The summed E-state index contributed by atoms with van der Waals surface area (Å²) >= 11 is 9.35. The van der Waals surface area contributed by atoms with E-state index in [0.29, 0.717) is 17.1 Å². The van der Waals surface area contributed by atoms with E-state index >= 15 is 0 Å². The molecular weight excluding hydrogens is 356 g/mol. The van der Waals surface area contributed by atoms with Gasteiger partial charge in [0.1, 0.15) is 5.75 Å². The molecule has 4 nitrogen and oxygen atoms in total. The molecule has 0 saturated carbocycles. The number of nitrogens with one attached hydrogen (secondary N) is 1. The van der Waals surface area contributed by atoms with Gasteiger partial charge < -0.3 is 15.8 Å². The van der Waals surface area contributed by atoms with Crippen molar-refractivity contribution in [3.63, 3.8) is 0 Å². The molecule has 2 aromatic rings. The zero-order valence-corrected chi connectivity index (χ0v) is 13.7. The van der Waals surface area contributed by atoms with Crippen molar-refractivity contribution >= 4 is 39.1 Å². The summed E-state index contributed by atoms with van der Waals surface area (Å²) in [7, 11) is 1.63. The van der Waals surface area contributed by atoms with Crippen LogP contribution < -0.4 is 15.8 Å². The molecule has 21 heavy (non-hydrogen) atoms. The van der Waals surface area contributed by atoms with E-state index in [4.69, 9.17) is 22.1 Å². The third-order valence-corrected chi connectivity index (χ3v) is 3.78. The quantitative estimate of drug-likeness (QED) is 0.842.